The van der Waals surface area contributed by atoms with Gasteiger partial charge in [0, 0.05) is 6.20 Å². The van der Waals surface area contributed by atoms with Crippen LogP contribution in [0.5, 0.6) is 0 Å². The number of nitrogens with zero attached hydrogens (tertiary/aromatic N) is 3. The first kappa shape index (κ1) is 16.9. The van der Waals surface area contributed by atoms with Crippen molar-refractivity contribution in [2.75, 3.05) is 6.61 Å². The Morgan fingerprint density at radius 3 is 2.68 bits per heavy atom. The Morgan fingerprint density at radius 2 is 2.14 bits per heavy atom. The van der Waals surface area contributed by atoms with Crippen LogP contribution >= 0.6 is 7.82 Å². The maximum Gasteiger partial charge on any atom is 0.469 e. The summed E-state index contributed by atoms with van der Waals surface area (Å²) in [5.41, 5.74) is -0.794. The van der Waals surface area contributed by atoms with Crippen LogP contribution in [-0.2, 0) is 13.8 Å². The summed E-state index contributed by atoms with van der Waals surface area (Å²) in [6, 6.07) is 1.34. The van der Waals surface area contributed by atoms with Crippen molar-refractivity contribution in [1.82, 2.24) is 9.55 Å². The van der Waals surface area contributed by atoms with Crippen molar-refractivity contribution < 1.29 is 33.8 Å². The number of rotatable bonds is 5. The number of hydrogen-bond donors (Lipinski definition) is 4. The normalized spacial score (nSPS) is 28.7. The maximum absolute atomic E-state index is 11.8. The summed E-state index contributed by atoms with van der Waals surface area (Å²) >= 11 is 0. The summed E-state index contributed by atoms with van der Waals surface area (Å²) in [4.78, 5) is 36.1. The van der Waals surface area contributed by atoms with E-state index in [1.165, 1.54) is 12.3 Å². The molecule has 22 heavy (non-hydrogen) atoms. The van der Waals surface area contributed by atoms with Crippen LogP contribution < -0.4 is 5.69 Å². The average molecular weight is 335 g/mol. The fourth-order valence-electron chi connectivity index (χ4n) is 1.95. The fourth-order valence-corrected chi connectivity index (χ4v) is 2.29. The van der Waals surface area contributed by atoms with Crippen molar-refractivity contribution in [1.29, 1.82) is 0 Å². The molecule has 122 valence electrons. The molecule has 2 heterocycles. The van der Waals surface area contributed by atoms with Gasteiger partial charge in [-0.2, -0.15) is 4.98 Å². The molecular formula is C10H14N3O8P. The number of aliphatic hydroxyl groups is 2. The fraction of sp³-hybridized carbons (Fsp3) is 0.500. The molecule has 2 unspecified atom stereocenters. The molecule has 1 aromatic rings. The third kappa shape index (κ3) is 3.65. The van der Waals surface area contributed by atoms with Crippen LogP contribution in [0, 0.1) is 0 Å². The van der Waals surface area contributed by atoms with E-state index in [0.717, 1.165) is 4.57 Å². The first-order chi connectivity index (χ1) is 10.2. The van der Waals surface area contributed by atoms with E-state index < -0.39 is 44.7 Å². The van der Waals surface area contributed by atoms with Gasteiger partial charge in [-0.15, -0.1) is 0 Å². The van der Waals surface area contributed by atoms with E-state index in [-0.39, 0.29) is 5.82 Å². The monoisotopic (exact) mass is 335 g/mol. The Labute approximate surface area is 123 Å². The third-order valence-corrected chi connectivity index (χ3v) is 3.48. The van der Waals surface area contributed by atoms with Gasteiger partial charge in [0.05, 0.1) is 6.61 Å². The second-order valence-electron chi connectivity index (χ2n) is 4.47. The molecule has 1 fully saturated rings. The minimum Gasteiger partial charge on any atom is -0.387 e. The lowest BCUT2D eigenvalue weighted by molar-refractivity contribution is -0.0542. The third-order valence-electron chi connectivity index (χ3n) is 3.00. The smallest absolute Gasteiger partial charge is 0.387 e. The summed E-state index contributed by atoms with van der Waals surface area (Å²) in [5, 5.41) is 19.7. The minimum absolute atomic E-state index is 0.0793. The van der Waals surface area contributed by atoms with Crippen LogP contribution in [0.1, 0.15) is 6.23 Å². The minimum atomic E-state index is -4.75. The Bertz CT molecular complexity index is 658. The summed E-state index contributed by atoms with van der Waals surface area (Å²) in [6.45, 7) is 2.55. The van der Waals surface area contributed by atoms with Crippen LogP contribution in [-0.4, -0.2) is 61.2 Å². The van der Waals surface area contributed by atoms with Gasteiger partial charge in [0.25, 0.3) is 0 Å². The molecule has 0 saturated carbocycles. The highest BCUT2D eigenvalue weighted by atomic mass is 31.2. The highest BCUT2D eigenvalue weighted by Crippen LogP contribution is 2.38. The van der Waals surface area contributed by atoms with Gasteiger partial charge in [0.2, 0.25) is 0 Å². The van der Waals surface area contributed by atoms with E-state index in [2.05, 4.69) is 21.2 Å². The highest BCUT2D eigenvalue weighted by molar-refractivity contribution is 7.46. The van der Waals surface area contributed by atoms with Crippen molar-refractivity contribution in [3.63, 3.8) is 0 Å². The van der Waals surface area contributed by atoms with Gasteiger partial charge < -0.3 is 24.7 Å². The number of hydrogen-bond acceptors (Lipinski definition) is 8. The molecule has 0 amide bonds. The van der Waals surface area contributed by atoms with Gasteiger partial charge in [-0.05, 0) is 12.8 Å². The molecule has 4 N–H and O–H groups in total. The van der Waals surface area contributed by atoms with Crippen molar-refractivity contribution >= 4 is 20.4 Å². The van der Waals surface area contributed by atoms with Gasteiger partial charge in [0.15, 0.2) is 12.0 Å². The van der Waals surface area contributed by atoms with Crippen molar-refractivity contribution in [3.8, 4) is 0 Å². The Balaban J connectivity index is 2.18. The van der Waals surface area contributed by atoms with Crippen LogP contribution in [0.25, 0.3) is 0 Å². The summed E-state index contributed by atoms with van der Waals surface area (Å²) in [7, 11) is -4.75. The Hall–Kier alpha value is -1.46. The lowest BCUT2D eigenvalue weighted by Crippen LogP contribution is -2.36. The average Bonchev–Trinajstić information content (AvgIpc) is 2.72. The van der Waals surface area contributed by atoms with E-state index >= 15 is 0 Å². The number of ether oxygens (including phenoxy) is 1. The quantitative estimate of drug-likeness (QED) is 0.363. The molecule has 1 aliphatic heterocycles. The molecular weight excluding hydrogens is 321 g/mol. The second-order valence-corrected chi connectivity index (χ2v) is 5.71. The standard InChI is InChI=1S/C10H14N3O8P/c1-11-6-2-3-13(10(16)12-6)9-8(15)7(14)5(21-9)4-20-22(17,18)19/h2-3,5,7-9,14-15H,1,4H2,(H2,17,18,19)/t5?,7?,8-,9-/m1/s1. The van der Waals surface area contributed by atoms with Crippen molar-refractivity contribution in [2.24, 2.45) is 4.99 Å². The first-order valence-corrected chi connectivity index (χ1v) is 7.53. The summed E-state index contributed by atoms with van der Waals surface area (Å²) < 4.78 is 21.0. The summed E-state index contributed by atoms with van der Waals surface area (Å²) in [6.07, 6.45) is -4.27. The molecule has 0 radical (unpaired) electrons. The predicted molar refractivity (Wildman–Crippen MR) is 71.6 cm³/mol. The molecule has 0 aliphatic carbocycles. The van der Waals surface area contributed by atoms with E-state index in [1.54, 1.807) is 0 Å². The number of phosphoric acid groups is 1. The number of aliphatic imine (C=N–C) groups is 1. The molecule has 1 aromatic heterocycles. The molecule has 0 bridgehead atoms. The van der Waals surface area contributed by atoms with Crippen LogP contribution in [0.4, 0.5) is 5.82 Å². The molecule has 12 heteroatoms. The molecule has 1 aliphatic rings. The molecule has 0 spiro atoms. The van der Waals surface area contributed by atoms with Crippen LogP contribution in [0.2, 0.25) is 0 Å². The first-order valence-electron chi connectivity index (χ1n) is 6.00. The molecule has 11 nitrogen and oxygen atoms in total. The predicted octanol–water partition coefficient (Wildman–Crippen LogP) is -1.70. The molecule has 0 aromatic carbocycles. The Morgan fingerprint density at radius 1 is 1.45 bits per heavy atom. The van der Waals surface area contributed by atoms with Gasteiger partial charge in [-0.25, -0.2) is 14.4 Å². The zero-order valence-corrected chi connectivity index (χ0v) is 12.0. The van der Waals surface area contributed by atoms with E-state index in [0.29, 0.717) is 0 Å². The van der Waals surface area contributed by atoms with Crippen molar-refractivity contribution in [3.05, 3.63) is 22.7 Å². The summed E-state index contributed by atoms with van der Waals surface area (Å²) in [5.74, 6) is 0.0793. The van der Waals surface area contributed by atoms with Crippen LogP contribution in [0.15, 0.2) is 22.1 Å². The largest absolute Gasteiger partial charge is 0.469 e. The zero-order valence-electron chi connectivity index (χ0n) is 11.1. The van der Waals surface area contributed by atoms with E-state index in [4.69, 9.17) is 14.5 Å². The lowest BCUT2D eigenvalue weighted by Gasteiger charge is -2.16. The second kappa shape index (κ2) is 6.34. The number of aromatic nitrogens is 2. The van der Waals surface area contributed by atoms with Crippen LogP contribution in [0.3, 0.4) is 0 Å². The van der Waals surface area contributed by atoms with Gasteiger partial charge >= 0.3 is 13.5 Å². The molecule has 4 atom stereocenters. The van der Waals surface area contributed by atoms with Crippen molar-refractivity contribution in [2.45, 2.75) is 24.5 Å². The molecule has 2 rings (SSSR count). The van der Waals surface area contributed by atoms with Gasteiger partial charge in [-0.3, -0.25) is 9.09 Å². The highest BCUT2D eigenvalue weighted by Gasteiger charge is 2.44. The SMILES string of the molecule is C=Nc1ccn([C@@H]2OC(COP(=O)(O)O)C(O)[C@H]2O)c(=O)n1. The zero-order chi connectivity index (χ0) is 16.5. The molecule has 1 saturated heterocycles. The lowest BCUT2D eigenvalue weighted by atomic mass is 10.1. The van der Waals surface area contributed by atoms with Gasteiger partial charge in [0.1, 0.15) is 18.3 Å². The van der Waals surface area contributed by atoms with Gasteiger partial charge in [-0.1, -0.05) is 0 Å². The number of aliphatic hydroxyl groups excluding tert-OH is 2. The number of phosphoric ester groups is 1. The maximum atomic E-state index is 11.8. The van der Waals surface area contributed by atoms with E-state index in [9.17, 15) is 19.6 Å². The Kier molecular flexibility index (Phi) is 4.87. The topological polar surface area (TPSA) is 164 Å². The van der Waals surface area contributed by atoms with E-state index in [1.807, 2.05) is 0 Å².